The Bertz CT molecular complexity index is 640. The summed E-state index contributed by atoms with van der Waals surface area (Å²) in [6, 6.07) is 10.0. The van der Waals surface area contributed by atoms with Crippen LogP contribution in [0.25, 0.3) is 0 Å². The van der Waals surface area contributed by atoms with E-state index in [0.717, 1.165) is 13.1 Å². The monoisotopic (exact) mass is 348 g/mol. The zero-order valence-corrected chi connectivity index (χ0v) is 14.2. The molecule has 1 amide bonds. The molecule has 1 saturated heterocycles. The van der Waals surface area contributed by atoms with E-state index in [9.17, 15) is 9.18 Å². The summed E-state index contributed by atoms with van der Waals surface area (Å²) >= 11 is 1.72. The number of carbonyl (C=O) groups is 1. The largest absolute Gasteiger partial charge is 0.484 e. The van der Waals surface area contributed by atoms with Gasteiger partial charge in [-0.3, -0.25) is 9.69 Å². The second-order valence-electron chi connectivity index (χ2n) is 5.82. The SMILES string of the molecule is O=C(COc1ccc(F)cc1)NC[C@@H](c1cccs1)N1CCCC1. The van der Waals surface area contributed by atoms with Gasteiger partial charge in [0.05, 0.1) is 6.04 Å². The lowest BCUT2D eigenvalue weighted by atomic mass is 10.2. The number of ether oxygens (including phenoxy) is 1. The van der Waals surface area contributed by atoms with Gasteiger partial charge in [-0.1, -0.05) is 6.07 Å². The molecule has 0 unspecified atom stereocenters. The van der Waals surface area contributed by atoms with Crippen LogP contribution >= 0.6 is 11.3 Å². The van der Waals surface area contributed by atoms with Crippen LogP contribution in [0, 0.1) is 5.82 Å². The number of nitrogens with zero attached hydrogens (tertiary/aromatic N) is 1. The Labute approximate surface area is 145 Å². The van der Waals surface area contributed by atoms with E-state index in [1.807, 2.05) is 6.07 Å². The minimum Gasteiger partial charge on any atom is -0.484 e. The van der Waals surface area contributed by atoms with Gasteiger partial charge < -0.3 is 10.1 Å². The molecule has 24 heavy (non-hydrogen) atoms. The molecule has 2 aromatic rings. The molecule has 128 valence electrons. The van der Waals surface area contributed by atoms with Gasteiger partial charge in [-0.25, -0.2) is 4.39 Å². The smallest absolute Gasteiger partial charge is 0.258 e. The average Bonchev–Trinajstić information content (AvgIpc) is 3.29. The van der Waals surface area contributed by atoms with Crippen molar-refractivity contribution in [2.75, 3.05) is 26.2 Å². The third kappa shape index (κ3) is 4.55. The summed E-state index contributed by atoms with van der Waals surface area (Å²) in [7, 11) is 0. The van der Waals surface area contributed by atoms with Gasteiger partial charge >= 0.3 is 0 Å². The van der Waals surface area contributed by atoms with Gasteiger partial charge in [0.2, 0.25) is 0 Å². The van der Waals surface area contributed by atoms with Crippen molar-refractivity contribution < 1.29 is 13.9 Å². The Hall–Kier alpha value is -1.92. The lowest BCUT2D eigenvalue weighted by Gasteiger charge is -2.26. The molecular weight excluding hydrogens is 327 g/mol. The fourth-order valence-corrected chi connectivity index (χ4v) is 3.75. The van der Waals surface area contributed by atoms with Crippen LogP contribution in [-0.4, -0.2) is 37.0 Å². The van der Waals surface area contributed by atoms with Crippen molar-refractivity contribution >= 4 is 17.2 Å². The van der Waals surface area contributed by atoms with Gasteiger partial charge in [0.25, 0.3) is 5.91 Å². The van der Waals surface area contributed by atoms with E-state index in [2.05, 4.69) is 21.7 Å². The van der Waals surface area contributed by atoms with Crippen LogP contribution in [0.3, 0.4) is 0 Å². The number of thiophene rings is 1. The van der Waals surface area contributed by atoms with Gasteiger partial charge in [-0.05, 0) is 61.6 Å². The van der Waals surface area contributed by atoms with Crippen LogP contribution in [0.5, 0.6) is 5.75 Å². The first-order chi connectivity index (χ1) is 11.7. The molecule has 2 heterocycles. The standard InChI is InChI=1S/C18H21FN2O2S/c19-14-5-7-15(8-6-14)23-13-18(22)20-12-16(17-4-3-11-24-17)21-9-1-2-10-21/h3-8,11,16H,1-2,9-10,12-13H2,(H,20,22)/t16-/m0/s1. The molecule has 0 radical (unpaired) electrons. The topological polar surface area (TPSA) is 41.6 Å². The highest BCUT2D eigenvalue weighted by Crippen LogP contribution is 2.27. The number of carbonyl (C=O) groups excluding carboxylic acids is 1. The maximum absolute atomic E-state index is 12.8. The fraction of sp³-hybridized carbons (Fsp3) is 0.389. The summed E-state index contributed by atoms with van der Waals surface area (Å²) in [6.45, 7) is 2.66. The summed E-state index contributed by atoms with van der Waals surface area (Å²) in [5.41, 5.74) is 0. The van der Waals surface area contributed by atoms with E-state index in [4.69, 9.17) is 4.74 Å². The maximum Gasteiger partial charge on any atom is 0.258 e. The van der Waals surface area contributed by atoms with Crippen molar-refractivity contribution in [1.29, 1.82) is 0 Å². The number of hydrogen-bond donors (Lipinski definition) is 1. The highest BCUT2D eigenvalue weighted by atomic mass is 32.1. The first-order valence-corrected chi connectivity index (χ1v) is 9.03. The number of rotatable bonds is 7. The number of benzene rings is 1. The number of likely N-dealkylation sites (tertiary alicyclic amines) is 1. The summed E-state index contributed by atoms with van der Waals surface area (Å²) in [6.07, 6.45) is 2.42. The van der Waals surface area contributed by atoms with Crippen LogP contribution < -0.4 is 10.1 Å². The van der Waals surface area contributed by atoms with Crippen LogP contribution in [0.2, 0.25) is 0 Å². The van der Waals surface area contributed by atoms with E-state index < -0.39 is 0 Å². The Kier molecular flexibility index (Phi) is 5.82. The van der Waals surface area contributed by atoms with Crippen LogP contribution in [0.4, 0.5) is 4.39 Å². The molecule has 0 spiro atoms. The first kappa shape index (κ1) is 16.9. The maximum atomic E-state index is 12.8. The fourth-order valence-electron chi connectivity index (χ4n) is 2.89. The first-order valence-electron chi connectivity index (χ1n) is 8.15. The molecule has 6 heteroatoms. The molecule has 1 aliphatic rings. The van der Waals surface area contributed by atoms with Gasteiger partial charge in [0, 0.05) is 11.4 Å². The molecule has 1 aromatic heterocycles. The Morgan fingerprint density at radius 1 is 1.25 bits per heavy atom. The van der Waals surface area contributed by atoms with Crippen molar-refractivity contribution in [2.24, 2.45) is 0 Å². The Morgan fingerprint density at radius 2 is 2.00 bits per heavy atom. The molecular formula is C18H21FN2O2S. The van der Waals surface area contributed by atoms with E-state index in [-0.39, 0.29) is 24.4 Å². The van der Waals surface area contributed by atoms with E-state index in [1.54, 1.807) is 11.3 Å². The molecule has 1 atom stereocenters. The van der Waals surface area contributed by atoms with Gasteiger partial charge in [-0.15, -0.1) is 11.3 Å². The van der Waals surface area contributed by atoms with Crippen molar-refractivity contribution in [3.05, 3.63) is 52.5 Å². The summed E-state index contributed by atoms with van der Waals surface area (Å²) in [5, 5.41) is 5.02. The highest BCUT2D eigenvalue weighted by Gasteiger charge is 2.24. The van der Waals surface area contributed by atoms with Crippen molar-refractivity contribution in [2.45, 2.75) is 18.9 Å². The zero-order valence-electron chi connectivity index (χ0n) is 13.4. The van der Waals surface area contributed by atoms with Crippen LogP contribution in [-0.2, 0) is 4.79 Å². The lowest BCUT2D eigenvalue weighted by molar-refractivity contribution is -0.123. The predicted molar refractivity (Wildman–Crippen MR) is 92.8 cm³/mol. The summed E-state index contributed by atoms with van der Waals surface area (Å²) in [5.74, 6) is -0.00261. The minimum absolute atomic E-state index is 0.0667. The molecule has 1 N–H and O–H groups in total. The summed E-state index contributed by atoms with van der Waals surface area (Å²) < 4.78 is 18.2. The quantitative estimate of drug-likeness (QED) is 0.835. The molecule has 3 rings (SSSR count). The second-order valence-corrected chi connectivity index (χ2v) is 6.80. The van der Waals surface area contributed by atoms with Gasteiger partial charge in [-0.2, -0.15) is 0 Å². The van der Waals surface area contributed by atoms with Crippen LogP contribution in [0.15, 0.2) is 41.8 Å². The number of amides is 1. The number of hydrogen-bond acceptors (Lipinski definition) is 4. The third-order valence-corrected chi connectivity index (χ3v) is 5.10. The van der Waals surface area contributed by atoms with E-state index in [1.165, 1.54) is 42.0 Å². The second kappa shape index (κ2) is 8.26. The molecule has 1 aliphatic heterocycles. The molecule has 0 aliphatic carbocycles. The van der Waals surface area contributed by atoms with Gasteiger partial charge in [0.15, 0.2) is 6.61 Å². The van der Waals surface area contributed by atoms with Gasteiger partial charge in [0.1, 0.15) is 11.6 Å². The van der Waals surface area contributed by atoms with E-state index in [0.29, 0.717) is 12.3 Å². The molecule has 1 fully saturated rings. The van der Waals surface area contributed by atoms with Crippen molar-refractivity contribution in [3.8, 4) is 5.75 Å². The number of nitrogens with one attached hydrogen (secondary N) is 1. The molecule has 1 aromatic carbocycles. The van der Waals surface area contributed by atoms with Crippen molar-refractivity contribution in [1.82, 2.24) is 10.2 Å². The molecule has 0 bridgehead atoms. The normalized spacial score (nSPS) is 16.0. The van der Waals surface area contributed by atoms with Crippen molar-refractivity contribution in [3.63, 3.8) is 0 Å². The average molecular weight is 348 g/mol. The molecule has 4 nitrogen and oxygen atoms in total. The Balaban J connectivity index is 1.50. The minimum atomic E-state index is -0.323. The lowest BCUT2D eigenvalue weighted by Crippen LogP contribution is -2.38. The zero-order chi connectivity index (χ0) is 16.8. The third-order valence-electron chi connectivity index (χ3n) is 4.13. The highest BCUT2D eigenvalue weighted by molar-refractivity contribution is 7.10. The number of halogens is 1. The predicted octanol–water partition coefficient (Wildman–Crippen LogP) is 3.22. The van der Waals surface area contributed by atoms with Crippen LogP contribution in [0.1, 0.15) is 23.8 Å². The summed E-state index contributed by atoms with van der Waals surface area (Å²) in [4.78, 5) is 15.7. The van der Waals surface area contributed by atoms with E-state index >= 15 is 0 Å². The Morgan fingerprint density at radius 3 is 2.67 bits per heavy atom. The molecule has 0 saturated carbocycles.